The zero-order chi connectivity index (χ0) is 17.5. The van der Waals surface area contributed by atoms with Crippen molar-refractivity contribution >= 4 is 34.7 Å². The summed E-state index contributed by atoms with van der Waals surface area (Å²) in [5.41, 5.74) is 0.706. The molecule has 2 aromatic rings. The van der Waals surface area contributed by atoms with Crippen LogP contribution in [0.25, 0.3) is 0 Å². The molecule has 24 heavy (non-hydrogen) atoms. The van der Waals surface area contributed by atoms with Crippen LogP contribution in [0.1, 0.15) is 33.9 Å². The lowest BCUT2D eigenvalue weighted by Crippen LogP contribution is -2.40. The van der Waals surface area contributed by atoms with Gasteiger partial charge in [-0.25, -0.2) is 0 Å². The summed E-state index contributed by atoms with van der Waals surface area (Å²) in [6, 6.07) is 10.2. The van der Waals surface area contributed by atoms with E-state index >= 15 is 0 Å². The fraction of sp³-hybridized carbons (Fsp3) is 0.235. The van der Waals surface area contributed by atoms with Crippen molar-refractivity contribution in [1.82, 2.24) is 10.6 Å². The number of carbonyl (C=O) groups excluding carboxylic acids is 3. The van der Waals surface area contributed by atoms with E-state index in [4.69, 9.17) is 0 Å². The van der Waals surface area contributed by atoms with Crippen molar-refractivity contribution in [3.8, 4) is 0 Å². The Morgan fingerprint density at radius 2 is 1.79 bits per heavy atom. The van der Waals surface area contributed by atoms with Crippen LogP contribution in [-0.2, 0) is 4.79 Å². The minimum Gasteiger partial charge on any atom is -0.352 e. The average Bonchev–Trinajstić information content (AvgIpc) is 3.07. The summed E-state index contributed by atoms with van der Waals surface area (Å²) < 4.78 is 0. The fourth-order valence-corrected chi connectivity index (χ4v) is 2.63. The third kappa shape index (κ3) is 4.92. The van der Waals surface area contributed by atoms with Crippen molar-refractivity contribution in [3.63, 3.8) is 0 Å². The summed E-state index contributed by atoms with van der Waals surface area (Å²) in [5.74, 6) is -0.961. The summed E-state index contributed by atoms with van der Waals surface area (Å²) in [5, 5.41) is 9.78. The Bertz CT molecular complexity index is 726. The van der Waals surface area contributed by atoms with E-state index in [0.717, 1.165) is 0 Å². The Morgan fingerprint density at radius 1 is 1.04 bits per heavy atom. The number of amides is 3. The van der Waals surface area contributed by atoms with Crippen molar-refractivity contribution in [1.29, 1.82) is 0 Å². The molecule has 0 saturated carbocycles. The zero-order valence-electron chi connectivity index (χ0n) is 13.5. The molecular weight excluding hydrogens is 326 g/mol. The predicted octanol–water partition coefficient (Wildman–Crippen LogP) is 2.25. The van der Waals surface area contributed by atoms with E-state index in [0.29, 0.717) is 16.1 Å². The molecule has 0 atom stereocenters. The number of thiophene rings is 1. The molecule has 0 aliphatic rings. The van der Waals surface area contributed by atoms with E-state index in [1.807, 2.05) is 13.8 Å². The van der Waals surface area contributed by atoms with Crippen molar-refractivity contribution < 1.29 is 14.4 Å². The molecule has 126 valence electrons. The number of hydrogen-bond donors (Lipinski definition) is 3. The third-order valence-electron chi connectivity index (χ3n) is 3.02. The molecule has 0 saturated heterocycles. The van der Waals surface area contributed by atoms with E-state index < -0.39 is 5.91 Å². The lowest BCUT2D eigenvalue weighted by molar-refractivity contribution is -0.120. The maximum atomic E-state index is 12.3. The van der Waals surface area contributed by atoms with Crippen molar-refractivity contribution in [2.24, 2.45) is 0 Å². The van der Waals surface area contributed by atoms with Crippen molar-refractivity contribution in [2.45, 2.75) is 19.9 Å². The van der Waals surface area contributed by atoms with Gasteiger partial charge in [-0.1, -0.05) is 18.2 Å². The van der Waals surface area contributed by atoms with Gasteiger partial charge < -0.3 is 16.0 Å². The second kappa shape index (κ2) is 8.26. The monoisotopic (exact) mass is 345 g/mol. The lowest BCUT2D eigenvalue weighted by atomic mass is 10.1. The molecule has 0 aliphatic carbocycles. The standard InChI is InChI=1S/C17H19N3O3S/c1-11(2)19-15(21)10-18-16(22)12-6-3-4-7-13(12)20-17(23)14-8-5-9-24-14/h3-9,11H,10H2,1-2H3,(H,18,22)(H,19,21)(H,20,23). The largest absolute Gasteiger partial charge is 0.352 e. The molecule has 7 heteroatoms. The van der Waals surface area contributed by atoms with Crippen LogP contribution in [0, 0.1) is 0 Å². The highest BCUT2D eigenvalue weighted by Gasteiger charge is 2.15. The van der Waals surface area contributed by atoms with E-state index in [-0.39, 0.29) is 24.4 Å². The Morgan fingerprint density at radius 3 is 2.46 bits per heavy atom. The molecule has 0 spiro atoms. The number of anilines is 1. The van der Waals surface area contributed by atoms with Crippen LogP contribution < -0.4 is 16.0 Å². The molecule has 3 amide bonds. The van der Waals surface area contributed by atoms with Gasteiger partial charge in [-0.3, -0.25) is 14.4 Å². The minimum atomic E-state index is -0.420. The highest BCUT2D eigenvalue weighted by atomic mass is 32.1. The first-order valence-electron chi connectivity index (χ1n) is 7.49. The van der Waals surface area contributed by atoms with Crippen molar-refractivity contribution in [3.05, 3.63) is 52.2 Å². The summed E-state index contributed by atoms with van der Waals surface area (Å²) in [6.45, 7) is 3.56. The van der Waals surface area contributed by atoms with Gasteiger partial charge in [0.05, 0.1) is 22.7 Å². The average molecular weight is 345 g/mol. The van der Waals surface area contributed by atoms with Gasteiger partial charge in [-0.05, 0) is 37.4 Å². The maximum Gasteiger partial charge on any atom is 0.265 e. The Balaban J connectivity index is 2.03. The molecule has 6 nitrogen and oxygen atoms in total. The zero-order valence-corrected chi connectivity index (χ0v) is 14.3. The SMILES string of the molecule is CC(C)NC(=O)CNC(=O)c1ccccc1NC(=O)c1cccs1. The van der Waals surface area contributed by atoms with Gasteiger partial charge in [0.2, 0.25) is 5.91 Å². The van der Waals surface area contributed by atoms with Crippen LogP contribution in [0.4, 0.5) is 5.69 Å². The van der Waals surface area contributed by atoms with Crippen LogP contribution in [0.15, 0.2) is 41.8 Å². The minimum absolute atomic E-state index is 0.00627. The first-order chi connectivity index (χ1) is 11.5. The van der Waals surface area contributed by atoms with Crippen LogP contribution in [-0.4, -0.2) is 30.3 Å². The number of rotatable bonds is 6. The van der Waals surface area contributed by atoms with Crippen molar-refractivity contribution in [2.75, 3.05) is 11.9 Å². The summed E-state index contributed by atoms with van der Waals surface area (Å²) in [4.78, 5) is 36.6. The maximum absolute atomic E-state index is 12.3. The topological polar surface area (TPSA) is 87.3 Å². The quantitative estimate of drug-likeness (QED) is 0.750. The van der Waals surface area contributed by atoms with Crippen LogP contribution in [0.5, 0.6) is 0 Å². The normalized spacial score (nSPS) is 10.3. The first-order valence-corrected chi connectivity index (χ1v) is 8.37. The molecule has 0 aliphatic heterocycles. The molecular formula is C17H19N3O3S. The molecule has 0 bridgehead atoms. The smallest absolute Gasteiger partial charge is 0.265 e. The van der Waals surface area contributed by atoms with E-state index in [2.05, 4.69) is 16.0 Å². The molecule has 1 heterocycles. The van der Waals surface area contributed by atoms with Crippen LogP contribution in [0.2, 0.25) is 0 Å². The number of para-hydroxylation sites is 1. The molecule has 2 rings (SSSR count). The summed E-state index contributed by atoms with van der Waals surface area (Å²) in [7, 11) is 0. The van der Waals surface area contributed by atoms with E-state index in [9.17, 15) is 14.4 Å². The Kier molecular flexibility index (Phi) is 6.08. The predicted molar refractivity (Wildman–Crippen MR) is 94.3 cm³/mol. The number of nitrogens with one attached hydrogen (secondary N) is 3. The lowest BCUT2D eigenvalue weighted by Gasteiger charge is -2.12. The first kappa shape index (κ1) is 17.7. The third-order valence-corrected chi connectivity index (χ3v) is 3.89. The van der Waals surface area contributed by atoms with Crippen LogP contribution >= 0.6 is 11.3 Å². The molecule has 0 unspecified atom stereocenters. The number of carbonyl (C=O) groups is 3. The van der Waals surface area contributed by atoms with Crippen LogP contribution in [0.3, 0.4) is 0 Å². The second-order valence-corrected chi connectivity index (χ2v) is 6.33. The number of hydrogen-bond acceptors (Lipinski definition) is 4. The van der Waals surface area contributed by atoms with Gasteiger partial charge >= 0.3 is 0 Å². The van der Waals surface area contributed by atoms with E-state index in [1.54, 1.807) is 41.8 Å². The van der Waals surface area contributed by atoms with Gasteiger partial charge in [-0.2, -0.15) is 0 Å². The van der Waals surface area contributed by atoms with Gasteiger partial charge in [0, 0.05) is 6.04 Å². The molecule has 1 aromatic carbocycles. The highest BCUT2D eigenvalue weighted by molar-refractivity contribution is 7.12. The molecule has 0 fully saturated rings. The molecule has 0 radical (unpaired) electrons. The Labute approximate surface area is 144 Å². The fourth-order valence-electron chi connectivity index (χ4n) is 2.01. The van der Waals surface area contributed by atoms with Gasteiger partial charge in [0.15, 0.2) is 0 Å². The van der Waals surface area contributed by atoms with Gasteiger partial charge in [-0.15, -0.1) is 11.3 Å². The number of benzene rings is 1. The summed E-state index contributed by atoms with van der Waals surface area (Å²) in [6.07, 6.45) is 0. The molecule has 1 aromatic heterocycles. The highest BCUT2D eigenvalue weighted by Crippen LogP contribution is 2.17. The van der Waals surface area contributed by atoms with E-state index in [1.165, 1.54) is 11.3 Å². The summed E-state index contributed by atoms with van der Waals surface area (Å²) >= 11 is 1.32. The Hall–Kier alpha value is -2.67. The second-order valence-electron chi connectivity index (χ2n) is 5.38. The van der Waals surface area contributed by atoms with Gasteiger partial charge in [0.1, 0.15) is 0 Å². The molecule has 3 N–H and O–H groups in total. The van der Waals surface area contributed by atoms with Gasteiger partial charge in [0.25, 0.3) is 11.8 Å².